The molecule has 0 saturated heterocycles. The van der Waals surface area contributed by atoms with Crippen molar-refractivity contribution in [3.8, 4) is 5.88 Å². The van der Waals surface area contributed by atoms with Crippen LogP contribution < -0.4 is 4.74 Å². The summed E-state index contributed by atoms with van der Waals surface area (Å²) in [6, 6.07) is 1.70. The molecule has 3 nitrogen and oxygen atoms in total. The molecule has 1 N–H and O–H groups in total. The number of ether oxygens (including phenoxy) is 1. The van der Waals surface area contributed by atoms with Crippen molar-refractivity contribution in [3.05, 3.63) is 22.8 Å². The van der Waals surface area contributed by atoms with E-state index in [1.54, 1.807) is 12.3 Å². The van der Waals surface area contributed by atoms with Gasteiger partial charge in [-0.15, -0.1) is 0 Å². The molecular formula is C13H18ClNO2. The predicted molar refractivity (Wildman–Crippen MR) is 67.2 cm³/mol. The molecule has 1 aromatic rings. The summed E-state index contributed by atoms with van der Waals surface area (Å²) in [6.45, 7) is 2.20. The van der Waals surface area contributed by atoms with Crippen LogP contribution in [-0.2, 0) is 6.61 Å². The predicted octanol–water partition coefficient (Wildman–Crippen LogP) is 3.18. The highest BCUT2D eigenvalue weighted by Crippen LogP contribution is 2.30. The number of aromatic nitrogens is 1. The van der Waals surface area contributed by atoms with Crippen molar-refractivity contribution in [2.75, 3.05) is 0 Å². The molecule has 1 aromatic heterocycles. The maximum Gasteiger partial charge on any atom is 0.232 e. The molecule has 1 heterocycles. The van der Waals surface area contributed by atoms with E-state index in [0.29, 0.717) is 22.4 Å². The molecule has 1 aliphatic carbocycles. The van der Waals surface area contributed by atoms with Crippen molar-refractivity contribution in [2.45, 2.75) is 45.3 Å². The lowest BCUT2D eigenvalue weighted by atomic mass is 9.89. The standard InChI is InChI=1S/C13H18ClNO2/c1-9-3-2-4-11(5-9)17-13-12(14)6-10(8-16)7-15-13/h6-7,9,11,16H,2-5,8H2,1H3. The van der Waals surface area contributed by atoms with Crippen LogP contribution in [0.15, 0.2) is 12.3 Å². The SMILES string of the molecule is CC1CCCC(Oc2ncc(CO)cc2Cl)C1. The molecule has 0 bridgehead atoms. The summed E-state index contributed by atoms with van der Waals surface area (Å²) in [5.41, 5.74) is 0.708. The van der Waals surface area contributed by atoms with Crippen molar-refractivity contribution in [1.29, 1.82) is 0 Å². The van der Waals surface area contributed by atoms with Gasteiger partial charge < -0.3 is 9.84 Å². The third-order valence-corrected chi connectivity index (χ3v) is 3.48. The monoisotopic (exact) mass is 255 g/mol. The molecule has 2 unspecified atom stereocenters. The molecule has 2 rings (SSSR count). The molecule has 1 saturated carbocycles. The Bertz CT molecular complexity index is 384. The molecule has 4 heteroatoms. The van der Waals surface area contributed by atoms with Gasteiger partial charge in [0.15, 0.2) is 0 Å². The molecule has 1 fully saturated rings. The van der Waals surface area contributed by atoms with E-state index >= 15 is 0 Å². The number of rotatable bonds is 3. The Labute approximate surface area is 107 Å². The van der Waals surface area contributed by atoms with E-state index in [-0.39, 0.29) is 12.7 Å². The first kappa shape index (κ1) is 12.7. The second-order valence-electron chi connectivity index (χ2n) is 4.80. The van der Waals surface area contributed by atoms with Crippen LogP contribution in [-0.4, -0.2) is 16.2 Å². The van der Waals surface area contributed by atoms with Crippen LogP contribution in [0.3, 0.4) is 0 Å². The third-order valence-electron chi connectivity index (χ3n) is 3.21. The maximum atomic E-state index is 8.97. The van der Waals surface area contributed by atoms with Gasteiger partial charge in [-0.2, -0.15) is 0 Å². The summed E-state index contributed by atoms with van der Waals surface area (Å²) in [7, 11) is 0. The second kappa shape index (κ2) is 5.69. The molecule has 17 heavy (non-hydrogen) atoms. The number of hydrogen-bond acceptors (Lipinski definition) is 3. The Morgan fingerprint density at radius 2 is 2.35 bits per heavy atom. The number of hydrogen-bond donors (Lipinski definition) is 1. The Hall–Kier alpha value is -0.800. The Balaban J connectivity index is 2.02. The average Bonchev–Trinajstić information content (AvgIpc) is 2.32. The lowest BCUT2D eigenvalue weighted by Gasteiger charge is -2.27. The van der Waals surface area contributed by atoms with Gasteiger partial charge in [0.05, 0.1) is 6.61 Å². The van der Waals surface area contributed by atoms with Gasteiger partial charge in [-0.1, -0.05) is 24.9 Å². The zero-order valence-electron chi connectivity index (χ0n) is 10.0. The van der Waals surface area contributed by atoms with Gasteiger partial charge in [-0.05, 0) is 36.8 Å². The Morgan fingerprint density at radius 3 is 3.00 bits per heavy atom. The first-order valence-electron chi connectivity index (χ1n) is 6.11. The van der Waals surface area contributed by atoms with Gasteiger partial charge in [0.2, 0.25) is 5.88 Å². The molecule has 0 spiro atoms. The molecular weight excluding hydrogens is 238 g/mol. The summed E-state index contributed by atoms with van der Waals surface area (Å²) in [5, 5.41) is 9.45. The van der Waals surface area contributed by atoms with Crippen LogP contribution in [0.4, 0.5) is 0 Å². The van der Waals surface area contributed by atoms with Crippen molar-refractivity contribution < 1.29 is 9.84 Å². The second-order valence-corrected chi connectivity index (χ2v) is 5.21. The van der Waals surface area contributed by atoms with Gasteiger partial charge in [0.1, 0.15) is 11.1 Å². The van der Waals surface area contributed by atoms with Crippen LogP contribution in [0.2, 0.25) is 5.02 Å². The number of pyridine rings is 1. The van der Waals surface area contributed by atoms with Gasteiger partial charge >= 0.3 is 0 Å². The van der Waals surface area contributed by atoms with E-state index in [1.165, 1.54) is 12.8 Å². The zero-order valence-corrected chi connectivity index (χ0v) is 10.8. The highest BCUT2D eigenvalue weighted by Gasteiger charge is 2.21. The topological polar surface area (TPSA) is 42.4 Å². The quantitative estimate of drug-likeness (QED) is 0.902. The third kappa shape index (κ3) is 3.33. The summed E-state index contributed by atoms with van der Waals surface area (Å²) in [5.74, 6) is 1.20. The smallest absolute Gasteiger partial charge is 0.232 e. The van der Waals surface area contributed by atoms with Crippen molar-refractivity contribution in [2.24, 2.45) is 5.92 Å². The van der Waals surface area contributed by atoms with Crippen LogP contribution in [0.1, 0.15) is 38.2 Å². The normalized spacial score (nSPS) is 24.6. The van der Waals surface area contributed by atoms with Gasteiger partial charge in [-0.25, -0.2) is 4.98 Å². The number of nitrogens with zero attached hydrogens (tertiary/aromatic N) is 1. The molecule has 0 aliphatic heterocycles. The summed E-state index contributed by atoms with van der Waals surface area (Å²) < 4.78 is 5.83. The molecule has 1 aliphatic rings. The average molecular weight is 256 g/mol. The fourth-order valence-corrected chi connectivity index (χ4v) is 2.52. The van der Waals surface area contributed by atoms with E-state index in [0.717, 1.165) is 12.8 Å². The molecule has 94 valence electrons. The fourth-order valence-electron chi connectivity index (χ4n) is 2.28. The number of aliphatic hydroxyl groups is 1. The number of halogens is 1. The lowest BCUT2D eigenvalue weighted by molar-refractivity contribution is 0.124. The van der Waals surface area contributed by atoms with Gasteiger partial charge in [0, 0.05) is 6.20 Å². The highest BCUT2D eigenvalue weighted by atomic mass is 35.5. The number of aliphatic hydroxyl groups excluding tert-OH is 1. The van der Waals surface area contributed by atoms with Crippen molar-refractivity contribution >= 4 is 11.6 Å². The minimum atomic E-state index is -0.0482. The van der Waals surface area contributed by atoms with E-state index < -0.39 is 0 Å². The first-order valence-corrected chi connectivity index (χ1v) is 6.48. The highest BCUT2D eigenvalue weighted by molar-refractivity contribution is 6.31. The lowest BCUT2D eigenvalue weighted by Crippen LogP contribution is -2.24. The van der Waals surface area contributed by atoms with E-state index in [9.17, 15) is 0 Å². The molecule has 0 amide bonds. The minimum absolute atomic E-state index is 0.0482. The van der Waals surface area contributed by atoms with Crippen molar-refractivity contribution in [3.63, 3.8) is 0 Å². The first-order chi connectivity index (χ1) is 8.19. The van der Waals surface area contributed by atoms with E-state index in [4.69, 9.17) is 21.4 Å². The summed E-state index contributed by atoms with van der Waals surface area (Å²) in [4.78, 5) is 4.15. The van der Waals surface area contributed by atoms with Crippen LogP contribution in [0.25, 0.3) is 0 Å². The van der Waals surface area contributed by atoms with Crippen LogP contribution in [0.5, 0.6) is 5.88 Å². The van der Waals surface area contributed by atoms with Gasteiger partial charge in [-0.3, -0.25) is 0 Å². The van der Waals surface area contributed by atoms with Gasteiger partial charge in [0.25, 0.3) is 0 Å². The van der Waals surface area contributed by atoms with E-state index in [1.807, 2.05) is 0 Å². The van der Waals surface area contributed by atoms with Crippen molar-refractivity contribution in [1.82, 2.24) is 4.98 Å². The summed E-state index contributed by atoms with van der Waals surface area (Å²) >= 11 is 6.07. The van der Waals surface area contributed by atoms with Crippen LogP contribution in [0, 0.1) is 5.92 Å². The molecule has 0 radical (unpaired) electrons. The Morgan fingerprint density at radius 1 is 1.53 bits per heavy atom. The molecule has 2 atom stereocenters. The van der Waals surface area contributed by atoms with Crippen LogP contribution >= 0.6 is 11.6 Å². The summed E-state index contributed by atoms with van der Waals surface area (Å²) in [6.07, 6.45) is 6.46. The maximum absolute atomic E-state index is 8.97. The van der Waals surface area contributed by atoms with E-state index in [2.05, 4.69) is 11.9 Å². The Kier molecular flexibility index (Phi) is 4.24. The zero-order chi connectivity index (χ0) is 12.3. The largest absolute Gasteiger partial charge is 0.473 e. The molecule has 0 aromatic carbocycles. The fraction of sp³-hybridized carbons (Fsp3) is 0.615. The minimum Gasteiger partial charge on any atom is -0.473 e.